The van der Waals surface area contributed by atoms with Gasteiger partial charge < -0.3 is 9.33 Å². The molecule has 28 heavy (non-hydrogen) atoms. The van der Waals surface area contributed by atoms with E-state index in [1.807, 2.05) is 0 Å². The van der Waals surface area contributed by atoms with Crippen LogP contribution >= 0.6 is 0 Å². The SMILES string of the molecule is CCCCCC(C)N(c1ccccc1)c1ccccc1O[Si](C)(C)C(C)(C)C. The Morgan fingerprint density at radius 1 is 0.929 bits per heavy atom. The predicted molar refractivity (Wildman–Crippen MR) is 126 cm³/mol. The Morgan fingerprint density at radius 2 is 1.54 bits per heavy atom. The molecule has 0 aliphatic heterocycles. The average Bonchev–Trinajstić information content (AvgIpc) is 2.63. The Hall–Kier alpha value is -1.74. The number of para-hydroxylation sites is 3. The van der Waals surface area contributed by atoms with E-state index < -0.39 is 8.32 Å². The largest absolute Gasteiger partial charge is 0.542 e. The summed E-state index contributed by atoms with van der Waals surface area (Å²) in [6.07, 6.45) is 4.97. The second kappa shape index (κ2) is 9.64. The van der Waals surface area contributed by atoms with Crippen LogP contribution in [0.15, 0.2) is 54.6 Å². The minimum atomic E-state index is -1.92. The van der Waals surface area contributed by atoms with Crippen molar-refractivity contribution < 1.29 is 4.43 Å². The summed E-state index contributed by atoms with van der Waals surface area (Å²) < 4.78 is 6.77. The van der Waals surface area contributed by atoms with E-state index in [1.54, 1.807) is 0 Å². The molecule has 0 aromatic heterocycles. The molecule has 2 aromatic carbocycles. The molecule has 2 nitrogen and oxygen atoms in total. The summed E-state index contributed by atoms with van der Waals surface area (Å²) in [7, 11) is -1.92. The van der Waals surface area contributed by atoms with Gasteiger partial charge in [-0.1, -0.05) is 77.3 Å². The van der Waals surface area contributed by atoms with Gasteiger partial charge in [-0.15, -0.1) is 0 Å². The van der Waals surface area contributed by atoms with Crippen LogP contribution in [-0.4, -0.2) is 14.4 Å². The normalized spacial score (nSPS) is 13.2. The predicted octanol–water partition coefficient (Wildman–Crippen LogP) is 8.18. The van der Waals surface area contributed by atoms with Crippen LogP contribution in [-0.2, 0) is 0 Å². The summed E-state index contributed by atoms with van der Waals surface area (Å²) in [4.78, 5) is 2.47. The van der Waals surface area contributed by atoms with E-state index in [1.165, 1.54) is 37.1 Å². The lowest BCUT2D eigenvalue weighted by atomic mass is 10.1. The number of rotatable bonds is 9. The smallest absolute Gasteiger partial charge is 0.250 e. The zero-order valence-corrected chi connectivity index (χ0v) is 20.0. The summed E-state index contributed by atoms with van der Waals surface area (Å²) in [6.45, 7) is 16.1. The van der Waals surface area contributed by atoms with Gasteiger partial charge in [-0.3, -0.25) is 0 Å². The van der Waals surface area contributed by atoms with Crippen molar-refractivity contribution in [1.82, 2.24) is 0 Å². The Bertz CT molecular complexity index is 721. The maximum atomic E-state index is 6.77. The van der Waals surface area contributed by atoms with Crippen molar-refractivity contribution >= 4 is 19.7 Å². The molecule has 0 radical (unpaired) electrons. The molecule has 0 bridgehead atoms. The Balaban J connectivity index is 2.44. The fourth-order valence-corrected chi connectivity index (χ4v) is 4.24. The minimum absolute atomic E-state index is 0.171. The van der Waals surface area contributed by atoms with Gasteiger partial charge in [-0.2, -0.15) is 0 Å². The summed E-state index contributed by atoms with van der Waals surface area (Å²) in [5.41, 5.74) is 2.42. The van der Waals surface area contributed by atoms with Crippen molar-refractivity contribution in [3.8, 4) is 5.75 Å². The van der Waals surface area contributed by atoms with Gasteiger partial charge in [0.25, 0.3) is 8.32 Å². The number of hydrogen-bond donors (Lipinski definition) is 0. The number of anilines is 2. The second-order valence-electron chi connectivity index (χ2n) is 9.38. The monoisotopic (exact) mass is 397 g/mol. The topological polar surface area (TPSA) is 12.5 Å². The summed E-state index contributed by atoms with van der Waals surface area (Å²) in [6, 6.07) is 19.7. The van der Waals surface area contributed by atoms with Crippen LogP contribution in [0.4, 0.5) is 11.4 Å². The highest BCUT2D eigenvalue weighted by molar-refractivity contribution is 6.74. The second-order valence-corrected chi connectivity index (χ2v) is 14.1. The molecule has 0 saturated heterocycles. The molecule has 1 atom stereocenters. The van der Waals surface area contributed by atoms with Gasteiger partial charge in [-0.25, -0.2) is 0 Å². The first-order valence-electron chi connectivity index (χ1n) is 10.8. The summed E-state index contributed by atoms with van der Waals surface area (Å²) in [5, 5.41) is 0.171. The van der Waals surface area contributed by atoms with Gasteiger partial charge in [-0.05, 0) is 55.7 Å². The van der Waals surface area contributed by atoms with E-state index in [-0.39, 0.29) is 5.04 Å². The number of nitrogens with zero attached hydrogens (tertiary/aromatic N) is 1. The molecule has 0 aliphatic rings. The molecule has 0 spiro atoms. The van der Waals surface area contributed by atoms with Crippen LogP contribution < -0.4 is 9.33 Å². The maximum Gasteiger partial charge on any atom is 0.250 e. The lowest BCUT2D eigenvalue weighted by molar-refractivity contribution is 0.489. The van der Waals surface area contributed by atoms with E-state index in [0.29, 0.717) is 6.04 Å². The molecule has 0 saturated carbocycles. The third-order valence-corrected chi connectivity index (χ3v) is 10.3. The molecule has 0 heterocycles. The number of unbranched alkanes of at least 4 members (excludes halogenated alkanes) is 2. The van der Waals surface area contributed by atoms with Gasteiger partial charge in [0.15, 0.2) is 0 Å². The third-order valence-electron chi connectivity index (χ3n) is 6.00. The van der Waals surface area contributed by atoms with Crippen molar-refractivity contribution in [2.75, 3.05) is 4.90 Å². The van der Waals surface area contributed by atoms with E-state index in [0.717, 1.165) is 5.75 Å². The first kappa shape index (κ1) is 22.5. The van der Waals surface area contributed by atoms with Crippen LogP contribution in [0.1, 0.15) is 60.3 Å². The molecule has 2 aromatic rings. The number of hydrogen-bond acceptors (Lipinski definition) is 2. The Labute approximate surface area is 174 Å². The standard InChI is InChI=1S/C25H39NOSi/c1-8-9-11-16-21(2)26(22-17-12-10-13-18-22)23-19-14-15-20-24(23)27-28(6,7)25(3,4)5/h10,12-15,17-21H,8-9,11,16H2,1-7H3. The van der Waals surface area contributed by atoms with Gasteiger partial charge in [0.1, 0.15) is 5.75 Å². The summed E-state index contributed by atoms with van der Waals surface area (Å²) >= 11 is 0. The maximum absolute atomic E-state index is 6.77. The van der Waals surface area contributed by atoms with Crippen molar-refractivity contribution in [3.63, 3.8) is 0 Å². The van der Waals surface area contributed by atoms with Crippen molar-refractivity contribution in [3.05, 3.63) is 54.6 Å². The van der Waals surface area contributed by atoms with Crippen LogP contribution in [0.3, 0.4) is 0 Å². The van der Waals surface area contributed by atoms with E-state index in [2.05, 4.69) is 107 Å². The van der Waals surface area contributed by atoms with E-state index in [4.69, 9.17) is 4.43 Å². The average molecular weight is 398 g/mol. The van der Waals surface area contributed by atoms with Crippen LogP contribution in [0.2, 0.25) is 18.1 Å². The van der Waals surface area contributed by atoms with Gasteiger partial charge in [0.2, 0.25) is 0 Å². The first-order valence-corrected chi connectivity index (χ1v) is 13.7. The van der Waals surface area contributed by atoms with E-state index >= 15 is 0 Å². The molecule has 0 amide bonds. The van der Waals surface area contributed by atoms with E-state index in [9.17, 15) is 0 Å². The van der Waals surface area contributed by atoms with Crippen LogP contribution in [0, 0.1) is 0 Å². The third kappa shape index (κ3) is 5.63. The highest BCUT2D eigenvalue weighted by Crippen LogP contribution is 2.42. The van der Waals surface area contributed by atoms with Gasteiger partial charge in [0.05, 0.1) is 5.69 Å². The quantitative estimate of drug-likeness (QED) is 0.312. The molecule has 1 unspecified atom stereocenters. The van der Waals surface area contributed by atoms with Gasteiger partial charge in [0, 0.05) is 11.7 Å². The molecule has 154 valence electrons. The zero-order chi connectivity index (χ0) is 20.8. The Morgan fingerprint density at radius 3 is 2.14 bits per heavy atom. The lowest BCUT2D eigenvalue weighted by Gasteiger charge is -2.39. The zero-order valence-electron chi connectivity index (χ0n) is 19.0. The fraction of sp³-hybridized carbons (Fsp3) is 0.520. The van der Waals surface area contributed by atoms with Crippen molar-refractivity contribution in [2.45, 2.75) is 84.5 Å². The first-order chi connectivity index (χ1) is 13.2. The summed E-state index contributed by atoms with van der Waals surface area (Å²) in [5.74, 6) is 1.01. The molecular weight excluding hydrogens is 358 g/mol. The highest BCUT2D eigenvalue weighted by Gasteiger charge is 2.39. The van der Waals surface area contributed by atoms with Crippen molar-refractivity contribution in [1.29, 1.82) is 0 Å². The molecule has 3 heteroatoms. The molecule has 0 fully saturated rings. The minimum Gasteiger partial charge on any atom is -0.542 e. The van der Waals surface area contributed by atoms with Crippen molar-refractivity contribution in [2.24, 2.45) is 0 Å². The Kier molecular flexibility index (Phi) is 7.76. The molecular formula is C25H39NOSi. The molecule has 0 aliphatic carbocycles. The molecule has 0 N–H and O–H groups in total. The van der Waals surface area contributed by atoms with Gasteiger partial charge >= 0.3 is 0 Å². The van der Waals surface area contributed by atoms with Crippen LogP contribution in [0.5, 0.6) is 5.75 Å². The number of benzene rings is 2. The fourth-order valence-electron chi connectivity index (χ4n) is 3.21. The van der Waals surface area contributed by atoms with Crippen LogP contribution in [0.25, 0.3) is 0 Å². The molecule has 2 rings (SSSR count). The lowest BCUT2D eigenvalue weighted by Crippen LogP contribution is -2.44. The highest BCUT2D eigenvalue weighted by atomic mass is 28.4.